The van der Waals surface area contributed by atoms with Crippen LogP contribution in [-0.2, 0) is 16.0 Å². The highest BCUT2D eigenvalue weighted by molar-refractivity contribution is 5.81. The molecule has 0 spiro atoms. The molecule has 1 fully saturated rings. The number of hydrogen-bond donors (Lipinski definition) is 2. The molecule has 2 aromatic rings. The van der Waals surface area contributed by atoms with Crippen LogP contribution in [0.25, 0.3) is 6.08 Å². The molecule has 4 aliphatic rings. The highest BCUT2D eigenvalue weighted by Crippen LogP contribution is 2.59. The van der Waals surface area contributed by atoms with Crippen LogP contribution in [0, 0.1) is 25.2 Å². The highest BCUT2D eigenvalue weighted by atomic mass is 16.7. The number of amides is 1. The molecule has 2 N–H and O–H groups in total. The maximum absolute atomic E-state index is 12.3. The average Bonchev–Trinajstić information content (AvgIpc) is 3.40. The van der Waals surface area contributed by atoms with Crippen molar-refractivity contribution in [1.82, 2.24) is 15.1 Å². The average molecular weight is 561 g/mol. The second-order valence-corrected chi connectivity index (χ2v) is 10.9. The number of benzene rings is 2. The number of methoxy groups -OCH3 is 1. The van der Waals surface area contributed by atoms with Gasteiger partial charge in [0.25, 0.3) is 0 Å². The van der Waals surface area contributed by atoms with Crippen molar-refractivity contribution in [2.75, 3.05) is 27.5 Å². The summed E-state index contributed by atoms with van der Waals surface area (Å²) >= 11 is 0. The third kappa shape index (κ3) is 3.81. The van der Waals surface area contributed by atoms with E-state index in [0.29, 0.717) is 51.7 Å². The van der Waals surface area contributed by atoms with E-state index in [-0.39, 0.29) is 31.0 Å². The van der Waals surface area contributed by atoms with Crippen molar-refractivity contribution in [1.29, 1.82) is 5.26 Å². The van der Waals surface area contributed by atoms with E-state index in [0.717, 1.165) is 16.8 Å². The van der Waals surface area contributed by atoms with Crippen LogP contribution in [0.3, 0.4) is 0 Å². The van der Waals surface area contributed by atoms with Crippen LogP contribution in [-0.4, -0.2) is 66.4 Å². The molecule has 2 aromatic carbocycles. The van der Waals surface area contributed by atoms with E-state index < -0.39 is 24.1 Å². The van der Waals surface area contributed by atoms with Crippen molar-refractivity contribution >= 4 is 18.0 Å². The number of phenols is 1. The molecular weight excluding hydrogens is 528 g/mol. The third-order valence-corrected chi connectivity index (χ3v) is 8.60. The van der Waals surface area contributed by atoms with Gasteiger partial charge in [0.2, 0.25) is 12.7 Å². The molecule has 11 nitrogen and oxygen atoms in total. The van der Waals surface area contributed by atoms with E-state index in [4.69, 9.17) is 18.9 Å². The molecule has 0 aliphatic carbocycles. The molecule has 0 unspecified atom stereocenters. The number of likely N-dealkylation sites (N-methyl/N-ethyl adjacent to an activating group) is 1. The van der Waals surface area contributed by atoms with E-state index in [1.165, 1.54) is 21.0 Å². The first-order valence-electron chi connectivity index (χ1n) is 13.5. The van der Waals surface area contributed by atoms with Crippen LogP contribution < -0.4 is 24.3 Å². The summed E-state index contributed by atoms with van der Waals surface area (Å²) in [4.78, 5) is 28.6. The molecule has 214 valence electrons. The topological polar surface area (TPSA) is 134 Å². The predicted molar refractivity (Wildman–Crippen MR) is 147 cm³/mol. The quantitative estimate of drug-likeness (QED) is 0.425. The van der Waals surface area contributed by atoms with E-state index in [1.807, 2.05) is 31.0 Å². The minimum absolute atomic E-state index is 0.00831. The summed E-state index contributed by atoms with van der Waals surface area (Å²) in [5, 5.41) is 25.1. The Morgan fingerprint density at radius 1 is 1.20 bits per heavy atom. The molecule has 4 aliphatic heterocycles. The number of nitrogens with zero attached hydrogens (tertiary/aromatic N) is 3. The van der Waals surface area contributed by atoms with Gasteiger partial charge in [-0.25, -0.2) is 0 Å². The number of phenolic OH excluding ortho intramolecular Hbond substituents is 1. The summed E-state index contributed by atoms with van der Waals surface area (Å²) in [7, 11) is 3.47. The number of nitrogens with one attached hydrogen (secondary N) is 1. The first kappa shape index (κ1) is 26.8. The Morgan fingerprint density at radius 2 is 1.93 bits per heavy atom. The van der Waals surface area contributed by atoms with Gasteiger partial charge in [0, 0.05) is 54.4 Å². The Bertz CT molecular complexity index is 1580. The smallest absolute Gasteiger partial charge is 0.308 e. The number of carbonyl (C=O) groups excluding carboxylic acids is 2. The number of nitriles is 1. The summed E-state index contributed by atoms with van der Waals surface area (Å²) in [6, 6.07) is 2.72. The number of carbonyl (C=O) groups is 2. The van der Waals surface area contributed by atoms with E-state index >= 15 is 0 Å². The molecule has 0 radical (unpaired) electrons. The first-order valence-corrected chi connectivity index (χ1v) is 13.5. The molecule has 1 saturated heterocycles. The SMILES string of the molecule is COc1c(C)cc2c(c1O)[C@H]1C3=Cc4c(OC(C)=O)c(C)c5c(c4[C@H](CNC(C)=O)N3[C@@H](C#N)[C@H](C2)N1C)OCO5. The molecule has 1 amide bonds. The van der Waals surface area contributed by atoms with Crippen molar-refractivity contribution in [3.05, 3.63) is 45.1 Å². The minimum Gasteiger partial charge on any atom is -0.504 e. The lowest BCUT2D eigenvalue weighted by atomic mass is 9.75. The van der Waals surface area contributed by atoms with Crippen LogP contribution in [0.1, 0.15) is 59.3 Å². The molecule has 2 bridgehead atoms. The summed E-state index contributed by atoms with van der Waals surface area (Å²) < 4.78 is 23.1. The number of piperazine rings is 1. The first-order chi connectivity index (χ1) is 19.6. The highest BCUT2D eigenvalue weighted by Gasteiger charge is 2.53. The number of aromatic hydroxyl groups is 1. The Kier molecular flexibility index (Phi) is 6.26. The predicted octanol–water partition coefficient (Wildman–Crippen LogP) is 3.01. The van der Waals surface area contributed by atoms with Gasteiger partial charge in [0.15, 0.2) is 23.0 Å². The summed E-state index contributed by atoms with van der Waals surface area (Å²) in [5.41, 5.74) is 5.07. The van der Waals surface area contributed by atoms with Crippen molar-refractivity contribution in [2.45, 2.75) is 58.3 Å². The normalized spacial score (nSPS) is 23.4. The maximum atomic E-state index is 12.3. The van der Waals surface area contributed by atoms with Gasteiger partial charge in [-0.1, -0.05) is 6.07 Å². The number of aryl methyl sites for hydroxylation is 1. The van der Waals surface area contributed by atoms with Gasteiger partial charge in [-0.05, 0) is 44.5 Å². The number of fused-ring (bicyclic) bond motifs is 9. The molecule has 0 aromatic heterocycles. The molecule has 4 heterocycles. The number of ether oxygens (including phenoxy) is 4. The lowest BCUT2D eigenvalue weighted by molar-refractivity contribution is -0.132. The standard InChI is InChI=1S/C30H32N4O7/c1-13-7-17-8-19-21(10-31)34-20(25(33(19)5)23(17)26(37)27(13)38-6)9-18-24(22(34)11-32-15(3)35)30-29(39-12-40-30)14(2)28(18)41-16(4)36/h7,9,19,21-22,25,37H,8,11-12H2,1-6H3,(H,32,35)/t19-,21-,22-,25+/m0/s1. The van der Waals surface area contributed by atoms with Gasteiger partial charge in [0.05, 0.1) is 25.3 Å². The zero-order chi connectivity index (χ0) is 29.3. The van der Waals surface area contributed by atoms with E-state index in [2.05, 4.69) is 16.3 Å². The minimum atomic E-state index is -0.608. The van der Waals surface area contributed by atoms with Crippen LogP contribution in [0.4, 0.5) is 0 Å². The fourth-order valence-electron chi connectivity index (χ4n) is 7.00. The van der Waals surface area contributed by atoms with Gasteiger partial charge < -0.3 is 34.3 Å². The van der Waals surface area contributed by atoms with Gasteiger partial charge in [-0.15, -0.1) is 0 Å². The summed E-state index contributed by atoms with van der Waals surface area (Å²) in [6.45, 7) is 6.62. The van der Waals surface area contributed by atoms with Gasteiger partial charge >= 0.3 is 5.97 Å². The van der Waals surface area contributed by atoms with Gasteiger partial charge in [0.1, 0.15) is 11.8 Å². The Balaban J connectivity index is 1.68. The van der Waals surface area contributed by atoms with Gasteiger partial charge in [-0.3, -0.25) is 14.5 Å². The zero-order valence-electron chi connectivity index (χ0n) is 23.8. The van der Waals surface area contributed by atoms with Gasteiger partial charge in [-0.2, -0.15) is 5.26 Å². The van der Waals surface area contributed by atoms with Crippen LogP contribution in [0.5, 0.6) is 28.7 Å². The van der Waals surface area contributed by atoms with Crippen molar-refractivity contribution < 1.29 is 33.6 Å². The summed E-state index contributed by atoms with van der Waals surface area (Å²) in [5.74, 6) is 1.03. The second kappa shape index (κ2) is 9.59. The molecule has 41 heavy (non-hydrogen) atoms. The van der Waals surface area contributed by atoms with E-state index in [1.54, 1.807) is 6.92 Å². The van der Waals surface area contributed by atoms with Crippen LogP contribution >= 0.6 is 0 Å². The monoisotopic (exact) mass is 560 g/mol. The van der Waals surface area contributed by atoms with Crippen molar-refractivity contribution in [2.24, 2.45) is 0 Å². The summed E-state index contributed by atoms with van der Waals surface area (Å²) in [6.07, 6.45) is 2.45. The van der Waals surface area contributed by atoms with E-state index in [9.17, 15) is 20.0 Å². The van der Waals surface area contributed by atoms with Crippen molar-refractivity contribution in [3.8, 4) is 34.8 Å². The Morgan fingerprint density at radius 3 is 2.59 bits per heavy atom. The second-order valence-electron chi connectivity index (χ2n) is 10.9. The van der Waals surface area contributed by atoms with Crippen molar-refractivity contribution in [3.63, 3.8) is 0 Å². The molecule has 6 rings (SSSR count). The Labute approximate surface area is 237 Å². The number of rotatable bonds is 4. The zero-order valence-corrected chi connectivity index (χ0v) is 23.8. The molecule has 11 heteroatoms. The molecule has 0 saturated carbocycles. The third-order valence-electron chi connectivity index (χ3n) is 8.60. The fraction of sp³-hybridized carbons (Fsp3) is 0.433. The maximum Gasteiger partial charge on any atom is 0.308 e. The van der Waals surface area contributed by atoms with Crippen LogP contribution in [0.2, 0.25) is 0 Å². The molecule has 4 atom stereocenters. The largest absolute Gasteiger partial charge is 0.504 e. The number of esters is 1. The van der Waals surface area contributed by atoms with Crippen LogP contribution in [0.15, 0.2) is 11.8 Å². The lowest BCUT2D eigenvalue weighted by Gasteiger charge is -2.57. The fourth-order valence-corrected chi connectivity index (χ4v) is 7.00. The molecular formula is C30H32N4O7. The Hall–Kier alpha value is -4.43. The number of hydrogen-bond acceptors (Lipinski definition) is 10. The lowest BCUT2D eigenvalue weighted by Crippen LogP contribution is -2.62.